The van der Waals surface area contributed by atoms with Crippen molar-refractivity contribution in [2.45, 2.75) is 0 Å². The molecule has 0 aliphatic carbocycles. The summed E-state index contributed by atoms with van der Waals surface area (Å²) in [6, 6.07) is 0.0785. The van der Waals surface area contributed by atoms with Gasteiger partial charge in [-0.05, 0) is 0 Å². The van der Waals surface area contributed by atoms with Crippen LogP contribution in [0.15, 0.2) is 0 Å². The molecule has 0 radical (unpaired) electrons. The second kappa shape index (κ2) is 5.59. The van der Waals surface area contributed by atoms with Crippen LogP contribution in [-0.4, -0.2) is 49.0 Å². The smallest absolute Gasteiger partial charge is 0.322 e. The maximum absolute atomic E-state index is 10.9. The lowest BCUT2D eigenvalue weighted by Crippen LogP contribution is -2.18. The van der Waals surface area contributed by atoms with Crippen molar-refractivity contribution in [3.8, 4) is 6.01 Å². The van der Waals surface area contributed by atoms with Gasteiger partial charge in [-0.1, -0.05) is 0 Å². The van der Waals surface area contributed by atoms with Crippen LogP contribution >= 0.6 is 0 Å². The van der Waals surface area contributed by atoms with Crippen molar-refractivity contribution in [1.29, 1.82) is 0 Å². The summed E-state index contributed by atoms with van der Waals surface area (Å²) in [4.78, 5) is 11.5. The third-order valence-corrected chi connectivity index (χ3v) is 2.63. The predicted octanol–water partition coefficient (Wildman–Crippen LogP) is -1.38. The summed E-state index contributed by atoms with van der Waals surface area (Å²) in [5, 5.41) is 2.73. The highest BCUT2D eigenvalue weighted by Gasteiger charge is 2.07. The van der Waals surface area contributed by atoms with Gasteiger partial charge >= 0.3 is 6.01 Å². The third-order valence-electron chi connectivity index (χ3n) is 1.68. The highest BCUT2D eigenvalue weighted by molar-refractivity contribution is 7.90. The molecule has 17 heavy (non-hydrogen) atoms. The summed E-state index contributed by atoms with van der Waals surface area (Å²) in [6.07, 6.45) is 1.15. The summed E-state index contributed by atoms with van der Waals surface area (Å²) in [5.74, 6) is 5.45. The van der Waals surface area contributed by atoms with Gasteiger partial charge in [0.15, 0.2) is 0 Å². The van der Waals surface area contributed by atoms with E-state index in [1.54, 1.807) is 0 Å². The molecule has 1 heterocycles. The van der Waals surface area contributed by atoms with Crippen molar-refractivity contribution >= 4 is 21.7 Å². The van der Waals surface area contributed by atoms with Crippen LogP contribution in [0.1, 0.15) is 0 Å². The molecule has 1 aromatic heterocycles. The molecule has 0 aliphatic heterocycles. The molecule has 0 saturated carbocycles. The van der Waals surface area contributed by atoms with Crippen molar-refractivity contribution < 1.29 is 13.2 Å². The zero-order valence-electron chi connectivity index (χ0n) is 9.47. The van der Waals surface area contributed by atoms with E-state index in [4.69, 9.17) is 10.6 Å². The average molecular weight is 262 g/mol. The number of ether oxygens (including phenoxy) is 1. The van der Waals surface area contributed by atoms with Gasteiger partial charge in [0.25, 0.3) is 0 Å². The molecule has 0 fully saturated rings. The van der Waals surface area contributed by atoms with E-state index in [1.165, 1.54) is 7.11 Å². The predicted molar refractivity (Wildman–Crippen MR) is 62.4 cm³/mol. The van der Waals surface area contributed by atoms with Gasteiger partial charge in [0.2, 0.25) is 11.9 Å². The van der Waals surface area contributed by atoms with Crippen LogP contribution in [0.25, 0.3) is 0 Å². The topological polar surface area (TPSA) is 132 Å². The number of rotatable bonds is 6. The van der Waals surface area contributed by atoms with Crippen LogP contribution in [0.3, 0.4) is 0 Å². The summed E-state index contributed by atoms with van der Waals surface area (Å²) in [5.41, 5.74) is 2.25. The Morgan fingerprint density at radius 1 is 1.29 bits per heavy atom. The maximum atomic E-state index is 10.9. The zero-order valence-corrected chi connectivity index (χ0v) is 10.3. The largest absolute Gasteiger partial charge is 0.467 e. The fourth-order valence-electron chi connectivity index (χ4n) is 0.940. The van der Waals surface area contributed by atoms with Crippen LogP contribution < -0.4 is 21.3 Å². The van der Waals surface area contributed by atoms with E-state index in [0.717, 1.165) is 6.26 Å². The van der Waals surface area contributed by atoms with Gasteiger partial charge in [0.1, 0.15) is 9.84 Å². The molecule has 0 amide bonds. The van der Waals surface area contributed by atoms with E-state index in [0.29, 0.717) is 0 Å². The molecular weight excluding hydrogens is 248 g/mol. The molecule has 10 heteroatoms. The summed E-state index contributed by atoms with van der Waals surface area (Å²) >= 11 is 0. The fourth-order valence-corrected chi connectivity index (χ4v) is 1.41. The number of nitrogen functional groups attached to an aromatic ring is 1. The number of methoxy groups -OCH3 is 1. The van der Waals surface area contributed by atoms with E-state index < -0.39 is 9.84 Å². The second-order valence-electron chi connectivity index (χ2n) is 3.17. The number of sulfone groups is 1. The van der Waals surface area contributed by atoms with E-state index in [2.05, 4.69) is 25.7 Å². The Balaban J connectivity index is 2.70. The molecule has 1 rings (SSSR count). The SMILES string of the molecule is COc1nc(NN)nc(NCCS(C)(=O)=O)n1. The van der Waals surface area contributed by atoms with Crippen molar-refractivity contribution in [1.82, 2.24) is 15.0 Å². The first-order chi connectivity index (χ1) is 7.94. The number of hydrazine groups is 1. The van der Waals surface area contributed by atoms with Crippen LogP contribution in [0.2, 0.25) is 0 Å². The van der Waals surface area contributed by atoms with Gasteiger partial charge in [-0.2, -0.15) is 15.0 Å². The van der Waals surface area contributed by atoms with Gasteiger partial charge in [-0.25, -0.2) is 14.3 Å². The zero-order chi connectivity index (χ0) is 12.9. The first-order valence-corrected chi connectivity index (χ1v) is 6.69. The summed E-state index contributed by atoms with van der Waals surface area (Å²) in [7, 11) is -1.63. The molecule has 0 aliphatic rings. The minimum absolute atomic E-state index is 0.0214. The molecule has 0 aromatic carbocycles. The van der Waals surface area contributed by atoms with Gasteiger partial charge in [0.05, 0.1) is 12.9 Å². The maximum Gasteiger partial charge on any atom is 0.322 e. The lowest BCUT2D eigenvalue weighted by atomic mass is 10.7. The monoisotopic (exact) mass is 262 g/mol. The molecule has 0 bridgehead atoms. The van der Waals surface area contributed by atoms with E-state index >= 15 is 0 Å². The minimum Gasteiger partial charge on any atom is -0.467 e. The van der Waals surface area contributed by atoms with Gasteiger partial charge in [-0.15, -0.1) is 0 Å². The number of nitrogens with one attached hydrogen (secondary N) is 2. The average Bonchev–Trinajstić information content (AvgIpc) is 2.26. The first kappa shape index (κ1) is 13.4. The van der Waals surface area contributed by atoms with E-state index in [9.17, 15) is 8.42 Å². The van der Waals surface area contributed by atoms with Crippen LogP contribution in [0, 0.1) is 0 Å². The van der Waals surface area contributed by atoms with Crippen LogP contribution in [0.4, 0.5) is 11.9 Å². The van der Waals surface area contributed by atoms with Crippen LogP contribution in [-0.2, 0) is 9.84 Å². The number of hydrogen-bond donors (Lipinski definition) is 3. The van der Waals surface area contributed by atoms with Crippen molar-refractivity contribution in [2.24, 2.45) is 5.84 Å². The second-order valence-corrected chi connectivity index (χ2v) is 5.43. The Kier molecular flexibility index (Phi) is 4.40. The molecular formula is C7H14N6O3S. The normalized spacial score (nSPS) is 11.0. The lowest BCUT2D eigenvalue weighted by molar-refractivity contribution is 0.379. The number of aromatic nitrogens is 3. The third kappa shape index (κ3) is 4.78. The highest BCUT2D eigenvalue weighted by atomic mass is 32.2. The number of nitrogens with two attached hydrogens (primary N) is 1. The molecule has 0 atom stereocenters. The van der Waals surface area contributed by atoms with Crippen molar-refractivity contribution in [2.75, 3.05) is 36.4 Å². The van der Waals surface area contributed by atoms with Crippen molar-refractivity contribution in [3.05, 3.63) is 0 Å². The fraction of sp³-hybridized carbons (Fsp3) is 0.571. The minimum atomic E-state index is -3.03. The van der Waals surface area contributed by atoms with E-state index in [-0.39, 0.29) is 30.2 Å². The van der Waals surface area contributed by atoms with E-state index in [1.807, 2.05) is 0 Å². The van der Waals surface area contributed by atoms with Gasteiger partial charge in [-0.3, -0.25) is 5.43 Å². The standard InChI is InChI=1S/C7H14N6O3S/c1-16-7-11-5(10-6(12-7)13-8)9-3-4-17(2,14)15/h3-4,8H2,1-2H3,(H2,9,10,11,12,13). The van der Waals surface area contributed by atoms with Crippen molar-refractivity contribution in [3.63, 3.8) is 0 Å². The Labute approximate surface area is 98.7 Å². The molecule has 0 saturated heterocycles. The lowest BCUT2D eigenvalue weighted by Gasteiger charge is -2.06. The summed E-state index contributed by atoms with van der Waals surface area (Å²) in [6.45, 7) is 0.190. The molecule has 4 N–H and O–H groups in total. The Hall–Kier alpha value is -1.68. The molecule has 0 spiro atoms. The quantitative estimate of drug-likeness (QED) is 0.419. The summed E-state index contributed by atoms with van der Waals surface area (Å²) < 4.78 is 26.7. The Morgan fingerprint density at radius 3 is 2.47 bits per heavy atom. The Bertz CT molecular complexity index is 454. The number of nitrogens with zero attached hydrogens (tertiary/aromatic N) is 3. The number of hydrogen-bond acceptors (Lipinski definition) is 9. The first-order valence-electron chi connectivity index (χ1n) is 4.63. The van der Waals surface area contributed by atoms with Crippen LogP contribution in [0.5, 0.6) is 6.01 Å². The molecule has 96 valence electrons. The van der Waals surface area contributed by atoms with Gasteiger partial charge < -0.3 is 10.1 Å². The van der Waals surface area contributed by atoms with Gasteiger partial charge in [0, 0.05) is 12.8 Å². The Morgan fingerprint density at radius 2 is 1.94 bits per heavy atom. The molecule has 0 unspecified atom stereocenters. The number of anilines is 2. The molecule has 9 nitrogen and oxygen atoms in total. The highest BCUT2D eigenvalue weighted by Crippen LogP contribution is 2.09. The molecule has 1 aromatic rings.